The van der Waals surface area contributed by atoms with E-state index in [1.807, 2.05) is 5.38 Å². The van der Waals surface area contributed by atoms with E-state index in [0.29, 0.717) is 11.4 Å². The summed E-state index contributed by atoms with van der Waals surface area (Å²) in [7, 11) is 1.60. The zero-order valence-electron chi connectivity index (χ0n) is 10.6. The van der Waals surface area contributed by atoms with E-state index >= 15 is 0 Å². The number of nitrogens with zero attached hydrogens (tertiary/aromatic N) is 2. The van der Waals surface area contributed by atoms with E-state index in [9.17, 15) is 14.7 Å². The van der Waals surface area contributed by atoms with Gasteiger partial charge in [0.15, 0.2) is 6.04 Å². The van der Waals surface area contributed by atoms with Crippen LogP contribution < -0.4 is 5.32 Å². The van der Waals surface area contributed by atoms with Crippen molar-refractivity contribution in [3.63, 3.8) is 0 Å². The summed E-state index contributed by atoms with van der Waals surface area (Å²) >= 11 is 2.74. The standard InChI is InChI=1S/C12H13N3O3S2/c1-15(5-8-6-19-7-13-8)12(18)14-10(11(16)17)9-3-2-4-20-9/h2-4,6-7,10H,5H2,1H3,(H,14,18)(H,16,17). The number of hydrogen-bond acceptors (Lipinski definition) is 5. The fourth-order valence-electron chi connectivity index (χ4n) is 1.57. The molecule has 0 aliphatic rings. The SMILES string of the molecule is CN(Cc1cscn1)C(=O)NC(C(=O)O)c1cccs1. The van der Waals surface area contributed by atoms with E-state index in [4.69, 9.17) is 0 Å². The lowest BCUT2D eigenvalue weighted by Crippen LogP contribution is -2.41. The average Bonchev–Trinajstić information content (AvgIpc) is 3.07. The van der Waals surface area contributed by atoms with Gasteiger partial charge in [-0.2, -0.15) is 0 Å². The van der Waals surface area contributed by atoms with Gasteiger partial charge in [-0.3, -0.25) is 0 Å². The summed E-state index contributed by atoms with van der Waals surface area (Å²) in [4.78, 5) is 29.3. The van der Waals surface area contributed by atoms with Crippen molar-refractivity contribution >= 4 is 34.7 Å². The molecule has 0 spiro atoms. The number of amides is 2. The number of carbonyl (C=O) groups excluding carboxylic acids is 1. The largest absolute Gasteiger partial charge is 0.479 e. The Labute approximate surface area is 123 Å². The maximum Gasteiger partial charge on any atom is 0.331 e. The highest BCUT2D eigenvalue weighted by atomic mass is 32.1. The Balaban J connectivity index is 1.99. The molecule has 0 aliphatic carbocycles. The molecule has 0 aliphatic heterocycles. The molecule has 2 aromatic rings. The number of urea groups is 1. The van der Waals surface area contributed by atoms with Crippen molar-refractivity contribution in [2.75, 3.05) is 7.05 Å². The number of aliphatic carboxylic acids is 1. The van der Waals surface area contributed by atoms with Gasteiger partial charge in [0, 0.05) is 17.3 Å². The molecule has 1 atom stereocenters. The third-order valence-electron chi connectivity index (χ3n) is 2.57. The van der Waals surface area contributed by atoms with Crippen molar-refractivity contribution in [3.8, 4) is 0 Å². The molecule has 0 bridgehead atoms. The molecule has 0 radical (unpaired) electrons. The molecule has 2 heterocycles. The second-order valence-corrected chi connectivity index (χ2v) is 5.77. The van der Waals surface area contributed by atoms with Gasteiger partial charge >= 0.3 is 12.0 Å². The first-order valence-electron chi connectivity index (χ1n) is 5.73. The highest BCUT2D eigenvalue weighted by molar-refractivity contribution is 7.10. The van der Waals surface area contributed by atoms with Crippen LogP contribution in [-0.4, -0.2) is 34.0 Å². The Morgan fingerprint density at radius 1 is 1.55 bits per heavy atom. The minimum atomic E-state index is -1.08. The molecule has 20 heavy (non-hydrogen) atoms. The van der Waals surface area contributed by atoms with E-state index in [0.717, 1.165) is 5.69 Å². The Morgan fingerprint density at radius 3 is 2.90 bits per heavy atom. The molecule has 2 N–H and O–H groups in total. The minimum Gasteiger partial charge on any atom is -0.479 e. The summed E-state index contributed by atoms with van der Waals surface area (Å²) < 4.78 is 0. The van der Waals surface area contributed by atoms with Crippen molar-refractivity contribution < 1.29 is 14.7 Å². The van der Waals surface area contributed by atoms with Crippen LogP contribution >= 0.6 is 22.7 Å². The van der Waals surface area contributed by atoms with Crippen LogP contribution in [0.5, 0.6) is 0 Å². The van der Waals surface area contributed by atoms with Crippen molar-refractivity contribution in [1.29, 1.82) is 0 Å². The number of thiophene rings is 1. The minimum absolute atomic E-state index is 0.339. The van der Waals surface area contributed by atoms with Crippen LogP contribution in [0, 0.1) is 0 Å². The van der Waals surface area contributed by atoms with Crippen molar-refractivity contribution in [2.24, 2.45) is 0 Å². The van der Waals surface area contributed by atoms with Crippen LogP contribution in [0.15, 0.2) is 28.4 Å². The molecule has 1 unspecified atom stereocenters. The third kappa shape index (κ3) is 3.55. The number of nitrogens with one attached hydrogen (secondary N) is 1. The molecule has 0 aromatic carbocycles. The summed E-state index contributed by atoms with van der Waals surface area (Å²) in [6.07, 6.45) is 0. The summed E-state index contributed by atoms with van der Waals surface area (Å²) in [6, 6.07) is 1.96. The number of hydrogen-bond donors (Lipinski definition) is 2. The average molecular weight is 311 g/mol. The Morgan fingerprint density at radius 2 is 2.35 bits per heavy atom. The smallest absolute Gasteiger partial charge is 0.331 e. The van der Waals surface area contributed by atoms with Crippen LogP contribution in [0.4, 0.5) is 4.79 Å². The number of thiazole rings is 1. The molecule has 8 heteroatoms. The summed E-state index contributed by atoms with van der Waals surface area (Å²) in [5.41, 5.74) is 2.46. The van der Waals surface area contributed by atoms with Gasteiger partial charge in [0.2, 0.25) is 0 Å². The molecular formula is C12H13N3O3S2. The summed E-state index contributed by atoms with van der Waals surface area (Å²) in [6.45, 7) is 0.339. The van der Waals surface area contributed by atoms with Crippen LogP contribution in [-0.2, 0) is 11.3 Å². The van der Waals surface area contributed by atoms with E-state index < -0.39 is 18.0 Å². The molecular weight excluding hydrogens is 298 g/mol. The molecule has 0 saturated carbocycles. The molecule has 106 valence electrons. The second-order valence-electron chi connectivity index (χ2n) is 4.07. The molecule has 2 amide bonds. The predicted octanol–water partition coefficient (Wildman–Crippen LogP) is 2.17. The fourth-order valence-corrected chi connectivity index (χ4v) is 2.89. The van der Waals surface area contributed by atoms with Gasteiger partial charge in [-0.1, -0.05) is 6.07 Å². The third-order valence-corrected chi connectivity index (χ3v) is 4.14. The maximum atomic E-state index is 12.0. The normalized spacial score (nSPS) is 11.8. The van der Waals surface area contributed by atoms with Gasteiger partial charge in [-0.05, 0) is 11.4 Å². The first-order valence-corrected chi connectivity index (χ1v) is 7.55. The molecule has 2 aromatic heterocycles. The van der Waals surface area contributed by atoms with E-state index in [1.54, 1.807) is 30.1 Å². The number of carboxylic acid groups (broad SMARTS) is 1. The van der Waals surface area contributed by atoms with Gasteiger partial charge in [-0.25, -0.2) is 14.6 Å². The first-order chi connectivity index (χ1) is 9.58. The Kier molecular flexibility index (Phi) is 4.70. The van der Waals surface area contributed by atoms with Gasteiger partial charge in [0.05, 0.1) is 17.7 Å². The number of aromatic nitrogens is 1. The predicted molar refractivity (Wildman–Crippen MR) is 76.8 cm³/mol. The van der Waals surface area contributed by atoms with Crippen LogP contribution in [0.3, 0.4) is 0 Å². The molecule has 0 saturated heterocycles. The Bertz CT molecular complexity index is 569. The monoisotopic (exact) mass is 311 g/mol. The van der Waals surface area contributed by atoms with Gasteiger partial charge in [0.1, 0.15) is 0 Å². The lowest BCUT2D eigenvalue weighted by molar-refractivity contribution is -0.139. The van der Waals surface area contributed by atoms with Gasteiger partial charge in [-0.15, -0.1) is 22.7 Å². The molecule has 0 fully saturated rings. The lowest BCUT2D eigenvalue weighted by Gasteiger charge is -2.20. The molecule has 2 rings (SSSR count). The van der Waals surface area contributed by atoms with Crippen LogP contribution in [0.25, 0.3) is 0 Å². The van der Waals surface area contributed by atoms with Crippen molar-refractivity contribution in [1.82, 2.24) is 15.2 Å². The number of carbonyl (C=O) groups is 2. The zero-order valence-corrected chi connectivity index (χ0v) is 12.3. The van der Waals surface area contributed by atoms with Crippen LogP contribution in [0.2, 0.25) is 0 Å². The molecule has 6 nitrogen and oxygen atoms in total. The fraction of sp³-hybridized carbons (Fsp3) is 0.250. The summed E-state index contributed by atoms with van der Waals surface area (Å²) in [5.74, 6) is -1.08. The Hall–Kier alpha value is -1.93. The summed E-state index contributed by atoms with van der Waals surface area (Å²) in [5, 5.41) is 15.3. The number of carboxylic acids is 1. The highest BCUT2D eigenvalue weighted by Crippen LogP contribution is 2.19. The maximum absolute atomic E-state index is 12.0. The topological polar surface area (TPSA) is 82.5 Å². The highest BCUT2D eigenvalue weighted by Gasteiger charge is 2.24. The van der Waals surface area contributed by atoms with Crippen molar-refractivity contribution in [3.05, 3.63) is 39.0 Å². The van der Waals surface area contributed by atoms with E-state index in [2.05, 4.69) is 10.3 Å². The quantitative estimate of drug-likeness (QED) is 0.886. The second kappa shape index (κ2) is 6.49. The first kappa shape index (κ1) is 14.5. The van der Waals surface area contributed by atoms with E-state index in [-0.39, 0.29) is 0 Å². The zero-order chi connectivity index (χ0) is 14.5. The van der Waals surface area contributed by atoms with E-state index in [1.165, 1.54) is 27.6 Å². The number of rotatable bonds is 5. The van der Waals surface area contributed by atoms with Gasteiger partial charge in [0.25, 0.3) is 0 Å². The van der Waals surface area contributed by atoms with Crippen LogP contribution in [0.1, 0.15) is 16.6 Å². The van der Waals surface area contributed by atoms with Crippen molar-refractivity contribution in [2.45, 2.75) is 12.6 Å². The lowest BCUT2D eigenvalue weighted by atomic mass is 10.2. The van der Waals surface area contributed by atoms with Gasteiger partial charge < -0.3 is 15.3 Å².